The average molecular weight is 937 g/mol. The van der Waals surface area contributed by atoms with Crippen LogP contribution < -0.4 is 5.73 Å². The third-order valence-corrected chi connectivity index (χ3v) is 14.9. The fraction of sp³-hybridized carbons (Fsp3) is 0.412. The SMILES string of the molecule is COC1(OC(C#N)COP(O)(O)(O)N(C(C)C)C(C)C)CCN(C(=O)C(N)(CCc2ccccn2)CCc2ccccn2)C1(COC(c1ccccc1)(c1ccccc1)c1ccccc1)OC. The summed E-state index contributed by atoms with van der Waals surface area (Å²) >= 11 is 0. The van der Waals surface area contributed by atoms with E-state index in [-0.39, 0.29) is 25.8 Å². The summed E-state index contributed by atoms with van der Waals surface area (Å²) < 4.78 is 33.7. The van der Waals surface area contributed by atoms with E-state index in [0.717, 1.165) is 32.7 Å². The van der Waals surface area contributed by atoms with Crippen molar-refractivity contribution in [1.82, 2.24) is 19.5 Å². The molecule has 15 nitrogen and oxygen atoms in total. The first-order chi connectivity index (χ1) is 32.0. The number of methoxy groups -OCH3 is 2. The van der Waals surface area contributed by atoms with Gasteiger partial charge < -0.3 is 0 Å². The van der Waals surface area contributed by atoms with Crippen molar-refractivity contribution in [2.24, 2.45) is 5.73 Å². The van der Waals surface area contributed by atoms with Gasteiger partial charge in [-0.15, -0.1) is 0 Å². The summed E-state index contributed by atoms with van der Waals surface area (Å²) in [6, 6.07) is 41.1. The van der Waals surface area contributed by atoms with Gasteiger partial charge in [0, 0.05) is 12.4 Å². The third-order valence-electron chi connectivity index (χ3n) is 12.6. The van der Waals surface area contributed by atoms with E-state index < -0.39 is 67.6 Å². The molecule has 0 aliphatic carbocycles. The van der Waals surface area contributed by atoms with Crippen LogP contribution in [0.15, 0.2) is 140 Å². The first kappa shape index (κ1) is 51.3. The summed E-state index contributed by atoms with van der Waals surface area (Å²) in [5.74, 6) is -2.51. The number of carbonyl (C=O) groups excluding carboxylic acids is 1. The quantitative estimate of drug-likeness (QED) is 0.0302. The second-order valence-electron chi connectivity index (χ2n) is 17.5. The molecule has 1 saturated heterocycles. The number of carbonyl (C=O) groups is 1. The Morgan fingerprint density at radius 1 is 0.776 bits per heavy atom. The van der Waals surface area contributed by atoms with Crippen LogP contribution in [0, 0.1) is 11.3 Å². The zero-order valence-corrected chi connectivity index (χ0v) is 40.1. The maximum atomic E-state index is 15.8. The van der Waals surface area contributed by atoms with Gasteiger partial charge in [0.05, 0.1) is 0 Å². The molecule has 3 atom stereocenters. The number of benzene rings is 3. The number of aromatic nitrogens is 2. The third kappa shape index (κ3) is 11.0. The summed E-state index contributed by atoms with van der Waals surface area (Å²) in [5, 5.41) is 10.7. The van der Waals surface area contributed by atoms with E-state index in [0.29, 0.717) is 12.8 Å². The van der Waals surface area contributed by atoms with Gasteiger partial charge in [0.1, 0.15) is 0 Å². The molecule has 1 aliphatic heterocycles. The van der Waals surface area contributed by atoms with Gasteiger partial charge in [0.15, 0.2) is 0 Å². The van der Waals surface area contributed by atoms with Crippen molar-refractivity contribution in [3.05, 3.63) is 168 Å². The predicted octanol–water partition coefficient (Wildman–Crippen LogP) is 6.82. The van der Waals surface area contributed by atoms with Crippen LogP contribution in [0.5, 0.6) is 0 Å². The molecule has 0 bridgehead atoms. The molecule has 3 unspecified atom stereocenters. The molecule has 1 fully saturated rings. The topological polar surface area (TPSA) is 206 Å². The zero-order valence-electron chi connectivity index (χ0n) is 39.2. The van der Waals surface area contributed by atoms with Crippen molar-refractivity contribution in [1.29, 1.82) is 5.26 Å². The van der Waals surface area contributed by atoms with Crippen molar-refractivity contribution in [2.45, 2.75) is 101 Å². The first-order valence-corrected chi connectivity index (χ1v) is 24.5. The molecule has 6 rings (SSSR count). The number of amides is 1. The van der Waals surface area contributed by atoms with Crippen LogP contribution >= 0.6 is 7.66 Å². The monoisotopic (exact) mass is 936 g/mol. The van der Waals surface area contributed by atoms with Crippen LogP contribution in [0.1, 0.15) is 75.0 Å². The summed E-state index contributed by atoms with van der Waals surface area (Å²) in [5.41, 5.74) is 6.31. The fourth-order valence-corrected chi connectivity index (χ4v) is 11.6. The normalized spacial score (nSPS) is 19.0. The molecule has 16 heteroatoms. The van der Waals surface area contributed by atoms with Gasteiger partial charge in [-0.3, -0.25) is 9.97 Å². The summed E-state index contributed by atoms with van der Waals surface area (Å²) in [7, 11) is -3.26. The summed E-state index contributed by atoms with van der Waals surface area (Å²) in [6.45, 7) is 5.41. The molecule has 67 heavy (non-hydrogen) atoms. The second kappa shape index (κ2) is 21.5. The molecular weight excluding hydrogens is 872 g/mol. The number of nitrogens with two attached hydrogens (primary N) is 1. The molecule has 0 radical (unpaired) electrons. The number of ether oxygens (including phenoxy) is 4. The van der Waals surface area contributed by atoms with Crippen LogP contribution in [-0.2, 0) is 46.7 Å². The Balaban J connectivity index is 1.50. The minimum atomic E-state index is -6.04. The molecule has 1 amide bonds. The van der Waals surface area contributed by atoms with Crippen molar-refractivity contribution in [2.75, 3.05) is 34.0 Å². The van der Waals surface area contributed by atoms with Crippen LogP contribution in [-0.4, -0.2) is 109 Å². The summed E-state index contributed by atoms with van der Waals surface area (Å²) in [6.07, 6.45) is 2.79. The number of aryl methyl sites for hydroxylation is 2. The Morgan fingerprint density at radius 3 is 1.63 bits per heavy atom. The number of hydrogen-bond acceptors (Lipinski definition) is 14. The van der Waals surface area contributed by atoms with E-state index in [4.69, 9.17) is 29.2 Å². The Morgan fingerprint density at radius 2 is 1.24 bits per heavy atom. The number of pyridine rings is 2. The number of likely N-dealkylation sites (tertiary alicyclic amines) is 1. The van der Waals surface area contributed by atoms with Crippen LogP contribution in [0.2, 0.25) is 0 Å². The van der Waals surface area contributed by atoms with Gasteiger partial charge in [-0.1, -0.05) is 30.3 Å². The van der Waals surface area contributed by atoms with E-state index in [1.807, 2.05) is 133 Å². The number of hydrogen-bond donors (Lipinski definition) is 4. The van der Waals surface area contributed by atoms with Gasteiger partial charge in [-0.25, -0.2) is 0 Å². The standard InChI is InChI=1S/C51H65N6O9P/c1-39(2)57(40(3)4)67(59,60,61)65-37-46(36-52)66-50(63-6)32-35-56(47(58)48(53,30-28-44-26-16-18-33-54-44)31-29-45-27-17-19-34-55-45)49(50,62-5)38-64-51(41-20-10-7-11-21-41,42-22-12-8-13-23-42)43-24-14-9-15-25-43/h7-27,33-34,39-40,46,59-61H,28-32,35,37-38,53H2,1-6H3. The molecule has 5 N–H and O–H groups in total. The fourth-order valence-electron chi connectivity index (χ4n) is 9.46. The van der Waals surface area contributed by atoms with Gasteiger partial charge in [0.2, 0.25) is 0 Å². The zero-order chi connectivity index (χ0) is 48.4. The molecule has 358 valence electrons. The van der Waals surface area contributed by atoms with Crippen LogP contribution in [0.4, 0.5) is 0 Å². The molecule has 3 heterocycles. The molecular formula is C51H65N6O9P. The Hall–Kier alpha value is -5.05. The van der Waals surface area contributed by atoms with E-state index >= 15 is 4.79 Å². The van der Waals surface area contributed by atoms with Crippen LogP contribution in [0.25, 0.3) is 0 Å². The summed E-state index contributed by atoms with van der Waals surface area (Å²) in [4.78, 5) is 60.4. The molecule has 2 aromatic heterocycles. The van der Waals surface area contributed by atoms with Crippen molar-refractivity contribution < 1.29 is 42.9 Å². The molecule has 5 aromatic rings. The van der Waals surface area contributed by atoms with Gasteiger partial charge in [-0.2, -0.15) is 0 Å². The van der Waals surface area contributed by atoms with Gasteiger partial charge >= 0.3 is 319 Å². The minimum absolute atomic E-state index is 0.0437. The van der Waals surface area contributed by atoms with Crippen molar-refractivity contribution >= 4 is 13.6 Å². The molecule has 1 aliphatic rings. The van der Waals surface area contributed by atoms with E-state index in [9.17, 15) is 19.9 Å². The Labute approximate surface area is 394 Å². The molecule has 3 aromatic carbocycles. The number of nitrogens with zero attached hydrogens (tertiary/aromatic N) is 5. The molecule has 0 saturated carbocycles. The van der Waals surface area contributed by atoms with Gasteiger partial charge in [-0.05, 0) is 24.3 Å². The van der Waals surface area contributed by atoms with Crippen molar-refractivity contribution in [3.8, 4) is 6.07 Å². The Kier molecular flexibility index (Phi) is 16.5. The van der Waals surface area contributed by atoms with E-state index in [2.05, 4.69) is 9.97 Å². The van der Waals surface area contributed by atoms with E-state index in [1.165, 1.54) is 19.1 Å². The molecule has 0 spiro atoms. The van der Waals surface area contributed by atoms with E-state index in [1.54, 1.807) is 40.1 Å². The number of rotatable bonds is 23. The average Bonchev–Trinajstić information content (AvgIpc) is 3.66. The van der Waals surface area contributed by atoms with Crippen molar-refractivity contribution in [3.63, 3.8) is 0 Å². The second-order valence-corrected chi connectivity index (χ2v) is 19.9. The van der Waals surface area contributed by atoms with Crippen LogP contribution in [0.3, 0.4) is 0 Å². The van der Waals surface area contributed by atoms with Gasteiger partial charge in [0.25, 0.3) is 0 Å². The first-order valence-electron chi connectivity index (χ1n) is 22.6. The predicted molar refractivity (Wildman–Crippen MR) is 255 cm³/mol. The maximum absolute atomic E-state index is 15.8. The Bertz CT molecular complexity index is 2230. The number of nitriles is 1.